The normalized spacial score (nSPS) is 12.9. The second kappa shape index (κ2) is 9.11. The number of nitrogens with zero attached hydrogens (tertiary/aromatic N) is 2. The molecule has 5 heteroatoms. The summed E-state index contributed by atoms with van der Waals surface area (Å²) in [6.07, 6.45) is 3.00. The van der Waals surface area contributed by atoms with Gasteiger partial charge < -0.3 is 15.2 Å². The summed E-state index contributed by atoms with van der Waals surface area (Å²) < 4.78 is 5.19. The van der Waals surface area contributed by atoms with Gasteiger partial charge in [-0.15, -0.1) is 0 Å². The van der Waals surface area contributed by atoms with Crippen molar-refractivity contribution in [3.8, 4) is 0 Å². The summed E-state index contributed by atoms with van der Waals surface area (Å²) in [6.45, 7) is 6.91. The van der Waals surface area contributed by atoms with Crippen molar-refractivity contribution < 1.29 is 4.52 Å². The van der Waals surface area contributed by atoms with Crippen LogP contribution in [0.5, 0.6) is 0 Å². The van der Waals surface area contributed by atoms with Gasteiger partial charge in [-0.2, -0.15) is 0 Å². The predicted octanol–water partition coefficient (Wildman–Crippen LogP) is 3.02. The summed E-state index contributed by atoms with van der Waals surface area (Å²) in [6, 6.07) is 10.9. The van der Waals surface area contributed by atoms with Gasteiger partial charge >= 0.3 is 0 Å². The lowest BCUT2D eigenvalue weighted by Gasteiger charge is -2.18. The summed E-state index contributed by atoms with van der Waals surface area (Å²) in [5.74, 6) is 1.73. The highest BCUT2D eigenvalue weighted by molar-refractivity contribution is 5.79. The van der Waals surface area contributed by atoms with E-state index in [4.69, 9.17) is 4.52 Å². The Morgan fingerprint density at radius 1 is 1.21 bits per heavy atom. The molecule has 130 valence electrons. The molecule has 1 heterocycles. The van der Waals surface area contributed by atoms with Gasteiger partial charge in [0.1, 0.15) is 5.76 Å². The van der Waals surface area contributed by atoms with Gasteiger partial charge in [0.25, 0.3) is 0 Å². The lowest BCUT2D eigenvalue weighted by atomic mass is 10.1. The van der Waals surface area contributed by atoms with E-state index in [-0.39, 0.29) is 0 Å². The molecule has 0 aliphatic rings. The van der Waals surface area contributed by atoms with Crippen LogP contribution in [0.25, 0.3) is 0 Å². The van der Waals surface area contributed by atoms with Crippen LogP contribution in [0.1, 0.15) is 35.9 Å². The molecule has 24 heavy (non-hydrogen) atoms. The smallest absolute Gasteiger partial charge is 0.191 e. The molecule has 1 aromatic carbocycles. The fourth-order valence-electron chi connectivity index (χ4n) is 2.69. The van der Waals surface area contributed by atoms with Crippen molar-refractivity contribution in [1.82, 2.24) is 15.8 Å². The zero-order valence-corrected chi connectivity index (χ0v) is 15.1. The Bertz CT molecular complexity index is 629. The summed E-state index contributed by atoms with van der Waals surface area (Å²) >= 11 is 0. The van der Waals surface area contributed by atoms with E-state index in [2.05, 4.69) is 58.0 Å². The standard InChI is InChI=1S/C19H28N4O/c1-14(10-11-17-8-6-5-7-9-17)22-19(20-4)21-13-12-18-15(2)23-24-16(18)3/h5-9,14H,10-13H2,1-4H3,(H2,20,21,22). The Labute approximate surface area is 144 Å². The number of nitrogens with one attached hydrogen (secondary N) is 2. The number of guanidine groups is 1. The number of aryl methyl sites for hydroxylation is 3. The Balaban J connectivity index is 1.73. The van der Waals surface area contributed by atoms with Gasteiger partial charge in [-0.05, 0) is 45.6 Å². The molecule has 0 spiro atoms. The molecule has 2 rings (SSSR count). The van der Waals surface area contributed by atoms with Crippen molar-refractivity contribution in [1.29, 1.82) is 0 Å². The molecule has 1 unspecified atom stereocenters. The van der Waals surface area contributed by atoms with E-state index in [1.165, 1.54) is 11.1 Å². The first kappa shape index (κ1) is 18.0. The van der Waals surface area contributed by atoms with Gasteiger partial charge in [0.05, 0.1) is 5.69 Å². The molecule has 0 aliphatic carbocycles. The molecule has 0 radical (unpaired) electrons. The van der Waals surface area contributed by atoms with Crippen molar-refractivity contribution in [2.24, 2.45) is 4.99 Å². The average Bonchev–Trinajstić information content (AvgIpc) is 2.91. The maximum atomic E-state index is 5.19. The number of hydrogen-bond donors (Lipinski definition) is 2. The largest absolute Gasteiger partial charge is 0.361 e. The summed E-state index contributed by atoms with van der Waals surface area (Å²) in [5.41, 5.74) is 3.51. The maximum absolute atomic E-state index is 5.19. The number of aliphatic imine (C=N–C) groups is 1. The SMILES string of the molecule is CN=C(NCCc1c(C)noc1C)NC(C)CCc1ccccc1. The van der Waals surface area contributed by atoms with Crippen molar-refractivity contribution in [2.75, 3.05) is 13.6 Å². The van der Waals surface area contributed by atoms with Crippen LogP contribution >= 0.6 is 0 Å². The third-order valence-corrected chi connectivity index (χ3v) is 4.16. The lowest BCUT2D eigenvalue weighted by molar-refractivity contribution is 0.392. The minimum atomic E-state index is 0.357. The van der Waals surface area contributed by atoms with E-state index >= 15 is 0 Å². The van der Waals surface area contributed by atoms with Crippen LogP contribution in [-0.2, 0) is 12.8 Å². The van der Waals surface area contributed by atoms with Gasteiger partial charge in [-0.25, -0.2) is 0 Å². The van der Waals surface area contributed by atoms with E-state index < -0.39 is 0 Å². The minimum absolute atomic E-state index is 0.357. The van der Waals surface area contributed by atoms with Crippen LogP contribution in [0.2, 0.25) is 0 Å². The van der Waals surface area contributed by atoms with Crippen LogP contribution in [0, 0.1) is 13.8 Å². The predicted molar refractivity (Wildman–Crippen MR) is 98.4 cm³/mol. The van der Waals surface area contributed by atoms with Crippen molar-refractivity contribution >= 4 is 5.96 Å². The third-order valence-electron chi connectivity index (χ3n) is 4.16. The van der Waals surface area contributed by atoms with Crippen molar-refractivity contribution in [3.05, 3.63) is 52.9 Å². The molecule has 2 N–H and O–H groups in total. The molecule has 0 aliphatic heterocycles. The van der Waals surface area contributed by atoms with E-state index in [0.29, 0.717) is 6.04 Å². The zero-order chi connectivity index (χ0) is 17.4. The molecular formula is C19H28N4O. The first-order valence-corrected chi connectivity index (χ1v) is 8.53. The van der Waals surface area contributed by atoms with Gasteiger partial charge in [0.15, 0.2) is 5.96 Å². The number of rotatable bonds is 7. The molecule has 0 saturated heterocycles. The number of aromatic nitrogens is 1. The van der Waals surface area contributed by atoms with E-state index in [9.17, 15) is 0 Å². The Morgan fingerprint density at radius 2 is 1.96 bits per heavy atom. The van der Waals surface area contributed by atoms with E-state index in [1.54, 1.807) is 7.05 Å². The second-order valence-corrected chi connectivity index (χ2v) is 6.12. The van der Waals surface area contributed by atoms with Crippen LogP contribution in [0.4, 0.5) is 0 Å². The Morgan fingerprint density at radius 3 is 2.58 bits per heavy atom. The molecule has 0 bridgehead atoms. The number of benzene rings is 1. The topological polar surface area (TPSA) is 62.5 Å². The van der Waals surface area contributed by atoms with Crippen LogP contribution in [-0.4, -0.2) is 30.8 Å². The molecule has 0 fully saturated rings. The average molecular weight is 328 g/mol. The lowest BCUT2D eigenvalue weighted by Crippen LogP contribution is -2.43. The third kappa shape index (κ3) is 5.41. The molecule has 0 amide bonds. The highest BCUT2D eigenvalue weighted by Gasteiger charge is 2.09. The molecule has 1 atom stereocenters. The monoisotopic (exact) mass is 328 g/mol. The van der Waals surface area contributed by atoms with Crippen molar-refractivity contribution in [2.45, 2.75) is 46.1 Å². The summed E-state index contributed by atoms with van der Waals surface area (Å²) in [7, 11) is 1.80. The second-order valence-electron chi connectivity index (χ2n) is 6.12. The highest BCUT2D eigenvalue weighted by Crippen LogP contribution is 2.12. The summed E-state index contributed by atoms with van der Waals surface area (Å²) in [5, 5.41) is 10.8. The summed E-state index contributed by atoms with van der Waals surface area (Å²) in [4.78, 5) is 4.30. The van der Waals surface area contributed by atoms with E-state index in [0.717, 1.165) is 43.2 Å². The molecule has 0 saturated carbocycles. The van der Waals surface area contributed by atoms with Crippen LogP contribution < -0.4 is 10.6 Å². The quantitative estimate of drug-likeness (QED) is 0.606. The molecule has 5 nitrogen and oxygen atoms in total. The molecular weight excluding hydrogens is 300 g/mol. The first-order valence-electron chi connectivity index (χ1n) is 8.53. The Kier molecular flexibility index (Phi) is 6.85. The van der Waals surface area contributed by atoms with Gasteiger partial charge in [0, 0.05) is 25.2 Å². The minimum Gasteiger partial charge on any atom is -0.361 e. The van der Waals surface area contributed by atoms with Crippen molar-refractivity contribution in [3.63, 3.8) is 0 Å². The first-order chi connectivity index (χ1) is 11.6. The molecule has 1 aromatic heterocycles. The van der Waals surface area contributed by atoms with Gasteiger partial charge in [-0.1, -0.05) is 35.5 Å². The Hall–Kier alpha value is -2.30. The van der Waals surface area contributed by atoms with E-state index in [1.807, 2.05) is 13.8 Å². The van der Waals surface area contributed by atoms with Crippen LogP contribution in [0.3, 0.4) is 0 Å². The maximum Gasteiger partial charge on any atom is 0.191 e. The number of hydrogen-bond acceptors (Lipinski definition) is 3. The van der Waals surface area contributed by atoms with Gasteiger partial charge in [-0.3, -0.25) is 4.99 Å². The zero-order valence-electron chi connectivity index (χ0n) is 15.1. The van der Waals surface area contributed by atoms with Gasteiger partial charge in [0.2, 0.25) is 0 Å². The molecule has 2 aromatic rings. The van der Waals surface area contributed by atoms with Crippen LogP contribution in [0.15, 0.2) is 39.8 Å². The fraction of sp³-hybridized carbons (Fsp3) is 0.474. The fourth-order valence-corrected chi connectivity index (χ4v) is 2.69. The highest BCUT2D eigenvalue weighted by atomic mass is 16.5.